The Morgan fingerprint density at radius 2 is 1.65 bits per heavy atom. The van der Waals surface area contributed by atoms with Crippen LogP contribution < -0.4 is 4.74 Å². The van der Waals surface area contributed by atoms with Gasteiger partial charge in [-0.05, 0) is 37.8 Å². The Labute approximate surface area is 154 Å². The molecule has 5 heteroatoms. The molecule has 2 heterocycles. The van der Waals surface area contributed by atoms with Crippen LogP contribution in [0.2, 0.25) is 0 Å². The second kappa shape index (κ2) is 7.52. The summed E-state index contributed by atoms with van der Waals surface area (Å²) >= 11 is 0. The monoisotopic (exact) mass is 354 g/mol. The van der Waals surface area contributed by atoms with Gasteiger partial charge in [0.25, 0.3) is 0 Å². The van der Waals surface area contributed by atoms with Crippen molar-refractivity contribution in [2.24, 2.45) is 5.92 Å². The van der Waals surface area contributed by atoms with Crippen LogP contribution in [0.15, 0.2) is 42.5 Å². The number of hydrogen-bond donors (Lipinski definition) is 0. The fourth-order valence-electron chi connectivity index (χ4n) is 4.25. The van der Waals surface area contributed by atoms with Gasteiger partial charge in [-0.15, -0.1) is 0 Å². The smallest absolute Gasteiger partial charge is 0.245 e. The molecule has 2 saturated heterocycles. The molecule has 0 aromatic heterocycles. The molecule has 1 aromatic carbocycles. The molecule has 0 unspecified atom stereocenters. The van der Waals surface area contributed by atoms with Crippen LogP contribution in [-0.2, 0) is 9.59 Å². The van der Waals surface area contributed by atoms with E-state index in [2.05, 4.69) is 12.2 Å². The Balaban J connectivity index is 1.49. The highest BCUT2D eigenvalue weighted by Gasteiger charge is 2.44. The Hall–Kier alpha value is -2.30. The summed E-state index contributed by atoms with van der Waals surface area (Å²) in [6.45, 7) is 2.12. The first-order valence-corrected chi connectivity index (χ1v) is 9.68. The third-order valence-electron chi connectivity index (χ3n) is 5.65. The van der Waals surface area contributed by atoms with Gasteiger partial charge in [-0.3, -0.25) is 9.59 Å². The molecular formula is C21H26N2O3. The summed E-state index contributed by atoms with van der Waals surface area (Å²) in [5.74, 6) is 0.980. The molecule has 2 atom stereocenters. The van der Waals surface area contributed by atoms with Gasteiger partial charge >= 0.3 is 0 Å². The minimum Gasteiger partial charge on any atom is -0.488 e. The van der Waals surface area contributed by atoms with Crippen molar-refractivity contribution in [2.45, 2.75) is 44.2 Å². The second-order valence-corrected chi connectivity index (χ2v) is 7.47. The maximum absolute atomic E-state index is 13.0. The summed E-state index contributed by atoms with van der Waals surface area (Å²) in [6.07, 6.45) is 8.25. The van der Waals surface area contributed by atoms with E-state index in [1.807, 2.05) is 35.2 Å². The van der Waals surface area contributed by atoms with Crippen LogP contribution in [0.3, 0.4) is 0 Å². The number of hydrogen-bond acceptors (Lipinski definition) is 3. The van der Waals surface area contributed by atoms with Crippen LogP contribution in [0.4, 0.5) is 0 Å². The maximum atomic E-state index is 13.0. The number of para-hydroxylation sites is 1. The summed E-state index contributed by atoms with van der Waals surface area (Å²) in [5, 5.41) is 0. The first-order chi connectivity index (χ1) is 12.7. The van der Waals surface area contributed by atoms with Gasteiger partial charge in [0.2, 0.25) is 11.8 Å². The van der Waals surface area contributed by atoms with Gasteiger partial charge in [0.15, 0.2) is 0 Å². The highest BCUT2D eigenvalue weighted by atomic mass is 16.5. The minimum atomic E-state index is -0.380. The molecule has 26 heavy (non-hydrogen) atoms. The fourth-order valence-corrected chi connectivity index (χ4v) is 4.25. The molecule has 1 aliphatic carbocycles. The van der Waals surface area contributed by atoms with Gasteiger partial charge in [0, 0.05) is 25.4 Å². The van der Waals surface area contributed by atoms with E-state index in [9.17, 15) is 9.59 Å². The molecule has 3 aliphatic rings. The second-order valence-electron chi connectivity index (χ2n) is 7.47. The highest BCUT2D eigenvalue weighted by molar-refractivity contribution is 5.89. The molecule has 1 aromatic rings. The average molecular weight is 354 g/mol. The molecule has 0 radical (unpaired) electrons. The van der Waals surface area contributed by atoms with Crippen molar-refractivity contribution in [3.8, 4) is 5.75 Å². The van der Waals surface area contributed by atoms with Gasteiger partial charge < -0.3 is 14.5 Å². The number of amides is 2. The van der Waals surface area contributed by atoms with E-state index in [-0.39, 0.29) is 29.9 Å². The fraction of sp³-hybridized carbons (Fsp3) is 0.524. The molecular weight excluding hydrogens is 328 g/mol. The van der Waals surface area contributed by atoms with E-state index in [4.69, 9.17) is 4.74 Å². The Kier molecular flexibility index (Phi) is 4.96. The molecule has 4 rings (SSSR count). The highest BCUT2D eigenvalue weighted by Crippen LogP contribution is 2.29. The van der Waals surface area contributed by atoms with Crippen LogP contribution in [0.25, 0.3) is 0 Å². The third kappa shape index (κ3) is 3.48. The number of benzene rings is 1. The molecule has 0 spiro atoms. The predicted molar refractivity (Wildman–Crippen MR) is 98.7 cm³/mol. The van der Waals surface area contributed by atoms with E-state index in [1.165, 1.54) is 0 Å². The summed E-state index contributed by atoms with van der Waals surface area (Å²) in [7, 11) is 0. The summed E-state index contributed by atoms with van der Waals surface area (Å²) < 4.78 is 6.08. The van der Waals surface area contributed by atoms with E-state index in [1.54, 1.807) is 4.90 Å². The van der Waals surface area contributed by atoms with E-state index >= 15 is 0 Å². The maximum Gasteiger partial charge on any atom is 0.245 e. The number of likely N-dealkylation sites (tertiary alicyclic amines) is 2. The number of ether oxygens (including phenoxy) is 1. The third-order valence-corrected chi connectivity index (χ3v) is 5.65. The molecule has 2 amide bonds. The lowest BCUT2D eigenvalue weighted by Crippen LogP contribution is -2.48. The van der Waals surface area contributed by atoms with Crippen molar-refractivity contribution in [1.82, 2.24) is 9.80 Å². The van der Waals surface area contributed by atoms with E-state index in [0.717, 1.165) is 44.5 Å². The van der Waals surface area contributed by atoms with Crippen LogP contribution in [-0.4, -0.2) is 53.4 Å². The van der Waals surface area contributed by atoms with Gasteiger partial charge in [-0.25, -0.2) is 0 Å². The number of allylic oxidation sites excluding steroid dienone is 2. The van der Waals surface area contributed by atoms with Gasteiger partial charge in [-0.1, -0.05) is 30.4 Å². The lowest BCUT2D eigenvalue weighted by molar-refractivity contribution is -0.145. The SMILES string of the molecule is O=C([C@@H]1C[C@H](Oc2ccccc2)CN1C(=O)C1CC=CC1)N1CCCC1. The Morgan fingerprint density at radius 3 is 2.35 bits per heavy atom. The first kappa shape index (κ1) is 17.1. The van der Waals surface area contributed by atoms with Crippen molar-refractivity contribution < 1.29 is 14.3 Å². The van der Waals surface area contributed by atoms with E-state index < -0.39 is 0 Å². The van der Waals surface area contributed by atoms with Crippen LogP contribution in [0, 0.1) is 5.92 Å². The molecule has 2 fully saturated rings. The molecule has 2 aliphatic heterocycles. The zero-order valence-electron chi connectivity index (χ0n) is 15.0. The van der Waals surface area contributed by atoms with Crippen molar-refractivity contribution in [1.29, 1.82) is 0 Å². The lowest BCUT2D eigenvalue weighted by atomic mass is 10.0. The lowest BCUT2D eigenvalue weighted by Gasteiger charge is -2.29. The van der Waals surface area contributed by atoms with Crippen molar-refractivity contribution in [3.05, 3.63) is 42.5 Å². The summed E-state index contributed by atoms with van der Waals surface area (Å²) in [6, 6.07) is 9.28. The van der Waals surface area contributed by atoms with Gasteiger partial charge in [0.05, 0.1) is 6.54 Å². The van der Waals surface area contributed by atoms with Crippen LogP contribution in [0.1, 0.15) is 32.1 Å². The molecule has 5 nitrogen and oxygen atoms in total. The molecule has 0 bridgehead atoms. The topological polar surface area (TPSA) is 49.9 Å². The average Bonchev–Trinajstić information content (AvgIpc) is 3.42. The molecule has 138 valence electrons. The summed E-state index contributed by atoms with van der Waals surface area (Å²) in [5.41, 5.74) is 0. The largest absolute Gasteiger partial charge is 0.488 e. The predicted octanol–water partition coefficient (Wildman–Crippen LogP) is 2.62. The van der Waals surface area contributed by atoms with Gasteiger partial charge in [0.1, 0.15) is 17.9 Å². The quantitative estimate of drug-likeness (QED) is 0.781. The van der Waals surface area contributed by atoms with Crippen LogP contribution in [0.5, 0.6) is 5.75 Å². The Bertz CT molecular complexity index is 652. The minimum absolute atomic E-state index is 0.0145. The van der Waals surface area contributed by atoms with Crippen molar-refractivity contribution in [2.75, 3.05) is 19.6 Å². The number of carbonyl (C=O) groups excluding carboxylic acids is 2. The van der Waals surface area contributed by atoms with E-state index in [0.29, 0.717) is 13.0 Å². The molecule has 0 N–H and O–H groups in total. The standard InChI is InChI=1S/C21H26N2O3/c24-20(16-8-4-5-9-16)23-15-18(26-17-10-2-1-3-11-17)14-19(23)21(25)22-12-6-7-13-22/h1-5,10-11,16,18-19H,6-9,12-15H2/t18-,19-/m0/s1. The summed E-state index contributed by atoms with van der Waals surface area (Å²) in [4.78, 5) is 29.8. The number of carbonyl (C=O) groups is 2. The first-order valence-electron chi connectivity index (χ1n) is 9.68. The van der Waals surface area contributed by atoms with Crippen LogP contribution >= 0.6 is 0 Å². The number of nitrogens with zero attached hydrogens (tertiary/aromatic N) is 2. The zero-order valence-corrected chi connectivity index (χ0v) is 15.0. The normalized spacial score (nSPS) is 25.8. The van der Waals surface area contributed by atoms with Gasteiger partial charge in [-0.2, -0.15) is 0 Å². The molecule has 0 saturated carbocycles. The van der Waals surface area contributed by atoms with Crippen molar-refractivity contribution >= 4 is 11.8 Å². The zero-order chi connectivity index (χ0) is 17.9. The van der Waals surface area contributed by atoms with Crippen molar-refractivity contribution in [3.63, 3.8) is 0 Å². The Morgan fingerprint density at radius 1 is 0.962 bits per heavy atom. The number of rotatable bonds is 4.